The molecule has 3 aromatic rings. The number of carbonyl (C=O) groups excluding carboxylic acids is 2. The molecule has 0 fully saturated rings. The number of amides is 2. The van der Waals surface area contributed by atoms with E-state index in [1.165, 1.54) is 11.3 Å². The number of ether oxygens (including phenoxy) is 1. The van der Waals surface area contributed by atoms with Crippen LogP contribution in [0, 0.1) is 0 Å². The summed E-state index contributed by atoms with van der Waals surface area (Å²) in [5, 5.41) is 6.23. The Morgan fingerprint density at radius 3 is 2.73 bits per heavy atom. The van der Waals surface area contributed by atoms with Gasteiger partial charge >= 0.3 is 0 Å². The first-order valence-electron chi connectivity index (χ1n) is 7.82. The number of nitrogens with one attached hydrogen (secondary N) is 2. The highest BCUT2D eigenvalue weighted by molar-refractivity contribution is 7.17. The van der Waals surface area contributed by atoms with E-state index in [4.69, 9.17) is 16.3 Å². The largest absolute Gasteiger partial charge is 0.482 e. The zero-order valence-corrected chi connectivity index (χ0v) is 15.0. The van der Waals surface area contributed by atoms with Crippen molar-refractivity contribution in [3.63, 3.8) is 0 Å². The maximum atomic E-state index is 12.5. The number of hydrogen-bond donors (Lipinski definition) is 2. The van der Waals surface area contributed by atoms with Crippen LogP contribution in [-0.4, -0.2) is 18.4 Å². The number of hydrogen-bond acceptors (Lipinski definition) is 4. The Balaban J connectivity index is 1.51. The first kappa shape index (κ1) is 16.6. The third-order valence-corrected chi connectivity index (χ3v) is 5.21. The van der Waals surface area contributed by atoms with Crippen molar-refractivity contribution in [3.05, 3.63) is 64.5 Å². The van der Waals surface area contributed by atoms with Gasteiger partial charge in [0.1, 0.15) is 5.75 Å². The molecule has 0 saturated heterocycles. The molecule has 2 heterocycles. The Morgan fingerprint density at radius 2 is 1.92 bits per heavy atom. The summed E-state index contributed by atoms with van der Waals surface area (Å²) in [5.41, 5.74) is 2.14. The van der Waals surface area contributed by atoms with Crippen LogP contribution in [0.2, 0.25) is 5.02 Å². The average molecular weight is 385 g/mol. The van der Waals surface area contributed by atoms with Crippen LogP contribution in [0.4, 0.5) is 11.4 Å². The molecule has 2 amide bonds. The van der Waals surface area contributed by atoms with Crippen molar-refractivity contribution in [2.24, 2.45) is 0 Å². The zero-order valence-electron chi connectivity index (χ0n) is 13.4. The standard InChI is InChI=1S/C19H13ClN2O3S/c20-12-3-1-11(2-4-12)16-7-8-17(26-16)19(24)21-13-5-6-15-14(9-13)22-18(23)10-25-15/h1-9H,10H2,(H,21,24)(H,22,23). The summed E-state index contributed by atoms with van der Waals surface area (Å²) in [5.74, 6) is 0.161. The fourth-order valence-corrected chi connectivity index (χ4v) is 3.62. The molecule has 1 aliphatic rings. The van der Waals surface area contributed by atoms with Crippen molar-refractivity contribution < 1.29 is 14.3 Å². The molecule has 7 heteroatoms. The molecule has 4 rings (SSSR count). The van der Waals surface area contributed by atoms with Crippen LogP contribution >= 0.6 is 22.9 Å². The molecular weight excluding hydrogens is 372 g/mol. The molecule has 0 saturated carbocycles. The lowest BCUT2D eigenvalue weighted by molar-refractivity contribution is -0.118. The van der Waals surface area contributed by atoms with Gasteiger partial charge in [0.25, 0.3) is 11.8 Å². The minimum absolute atomic E-state index is 0.00137. The minimum atomic E-state index is -0.216. The second kappa shape index (κ2) is 6.82. The lowest BCUT2D eigenvalue weighted by Gasteiger charge is -2.18. The van der Waals surface area contributed by atoms with E-state index < -0.39 is 0 Å². The Morgan fingerprint density at radius 1 is 1.12 bits per heavy atom. The summed E-state index contributed by atoms with van der Waals surface area (Å²) in [7, 11) is 0. The van der Waals surface area contributed by atoms with E-state index in [-0.39, 0.29) is 18.4 Å². The number of anilines is 2. The van der Waals surface area contributed by atoms with Gasteiger partial charge in [0, 0.05) is 15.6 Å². The monoisotopic (exact) mass is 384 g/mol. The van der Waals surface area contributed by atoms with Crippen LogP contribution in [-0.2, 0) is 4.79 Å². The number of fused-ring (bicyclic) bond motifs is 1. The number of halogens is 1. The van der Waals surface area contributed by atoms with Gasteiger partial charge in [-0.3, -0.25) is 9.59 Å². The van der Waals surface area contributed by atoms with Gasteiger partial charge < -0.3 is 15.4 Å². The number of rotatable bonds is 3. The summed E-state index contributed by atoms with van der Waals surface area (Å²) in [6, 6.07) is 16.3. The van der Waals surface area contributed by atoms with Crippen LogP contribution in [0.1, 0.15) is 9.67 Å². The summed E-state index contributed by atoms with van der Waals surface area (Å²) < 4.78 is 5.31. The van der Waals surface area contributed by atoms with Gasteiger partial charge in [-0.05, 0) is 48.0 Å². The van der Waals surface area contributed by atoms with Crippen LogP contribution in [0.3, 0.4) is 0 Å². The van der Waals surface area contributed by atoms with Crippen molar-refractivity contribution in [3.8, 4) is 16.2 Å². The van der Waals surface area contributed by atoms with E-state index in [1.807, 2.05) is 30.3 Å². The van der Waals surface area contributed by atoms with Crippen LogP contribution in [0.25, 0.3) is 10.4 Å². The molecule has 130 valence electrons. The van der Waals surface area contributed by atoms with Gasteiger partial charge in [0.05, 0.1) is 10.6 Å². The van der Waals surface area contributed by atoms with E-state index >= 15 is 0 Å². The molecule has 0 spiro atoms. The van der Waals surface area contributed by atoms with Crippen molar-refractivity contribution in [2.45, 2.75) is 0 Å². The smallest absolute Gasteiger partial charge is 0.265 e. The normalized spacial score (nSPS) is 12.7. The van der Waals surface area contributed by atoms with Crippen LogP contribution < -0.4 is 15.4 Å². The number of thiophene rings is 1. The van der Waals surface area contributed by atoms with Gasteiger partial charge in [-0.2, -0.15) is 0 Å². The Kier molecular flexibility index (Phi) is 4.36. The first-order chi connectivity index (χ1) is 12.6. The second-order valence-corrected chi connectivity index (χ2v) is 7.19. The molecule has 26 heavy (non-hydrogen) atoms. The van der Waals surface area contributed by atoms with E-state index in [2.05, 4.69) is 10.6 Å². The van der Waals surface area contributed by atoms with Crippen molar-refractivity contribution in [2.75, 3.05) is 17.2 Å². The molecule has 1 aliphatic heterocycles. The van der Waals surface area contributed by atoms with Crippen molar-refractivity contribution in [1.82, 2.24) is 0 Å². The molecule has 2 aromatic carbocycles. The second-order valence-electron chi connectivity index (χ2n) is 5.67. The average Bonchev–Trinajstić information content (AvgIpc) is 3.12. The topological polar surface area (TPSA) is 67.4 Å². The maximum Gasteiger partial charge on any atom is 0.265 e. The maximum absolute atomic E-state index is 12.5. The summed E-state index contributed by atoms with van der Waals surface area (Å²) in [4.78, 5) is 25.5. The van der Waals surface area contributed by atoms with Gasteiger partial charge in [0.2, 0.25) is 0 Å². The Labute approximate surface area is 158 Å². The molecule has 0 aliphatic carbocycles. The fraction of sp³-hybridized carbons (Fsp3) is 0.0526. The minimum Gasteiger partial charge on any atom is -0.482 e. The predicted molar refractivity (Wildman–Crippen MR) is 103 cm³/mol. The van der Waals surface area contributed by atoms with Crippen LogP contribution in [0.5, 0.6) is 5.75 Å². The quantitative estimate of drug-likeness (QED) is 0.690. The van der Waals surface area contributed by atoms with E-state index in [0.717, 1.165) is 10.4 Å². The summed E-state index contributed by atoms with van der Waals surface area (Å²) in [6.45, 7) is 0.00137. The molecule has 0 atom stereocenters. The summed E-state index contributed by atoms with van der Waals surface area (Å²) >= 11 is 7.31. The van der Waals surface area contributed by atoms with Gasteiger partial charge in [-0.25, -0.2) is 0 Å². The highest BCUT2D eigenvalue weighted by Crippen LogP contribution is 2.32. The molecule has 0 bridgehead atoms. The van der Waals surface area contributed by atoms with E-state index in [0.29, 0.717) is 27.0 Å². The van der Waals surface area contributed by atoms with Crippen molar-refractivity contribution >= 4 is 46.1 Å². The van der Waals surface area contributed by atoms with E-state index in [9.17, 15) is 9.59 Å². The first-order valence-corrected chi connectivity index (χ1v) is 9.02. The fourth-order valence-electron chi connectivity index (χ4n) is 2.58. The highest BCUT2D eigenvalue weighted by Gasteiger charge is 2.17. The highest BCUT2D eigenvalue weighted by atomic mass is 35.5. The van der Waals surface area contributed by atoms with E-state index in [1.54, 1.807) is 24.3 Å². The van der Waals surface area contributed by atoms with Crippen LogP contribution in [0.15, 0.2) is 54.6 Å². The molecule has 0 radical (unpaired) electrons. The lowest BCUT2D eigenvalue weighted by Crippen LogP contribution is -2.25. The zero-order chi connectivity index (χ0) is 18.1. The molecular formula is C19H13ClN2O3S. The molecule has 2 N–H and O–H groups in total. The van der Waals surface area contributed by atoms with Crippen molar-refractivity contribution in [1.29, 1.82) is 0 Å². The number of benzene rings is 2. The van der Waals surface area contributed by atoms with Gasteiger partial charge in [-0.1, -0.05) is 23.7 Å². The predicted octanol–water partition coefficient (Wildman–Crippen LogP) is 4.65. The Hall–Kier alpha value is -2.83. The molecule has 0 unspecified atom stereocenters. The van der Waals surface area contributed by atoms with Gasteiger partial charge in [-0.15, -0.1) is 11.3 Å². The van der Waals surface area contributed by atoms with Gasteiger partial charge in [0.15, 0.2) is 6.61 Å². The third kappa shape index (κ3) is 3.42. The SMILES string of the molecule is O=C1COc2ccc(NC(=O)c3ccc(-c4ccc(Cl)cc4)s3)cc2N1. The summed E-state index contributed by atoms with van der Waals surface area (Å²) in [6.07, 6.45) is 0. The molecule has 1 aromatic heterocycles. The number of carbonyl (C=O) groups is 2. The lowest BCUT2D eigenvalue weighted by atomic mass is 10.2. The Bertz CT molecular complexity index is 998. The molecule has 5 nitrogen and oxygen atoms in total. The third-order valence-electron chi connectivity index (χ3n) is 3.83.